The van der Waals surface area contributed by atoms with Gasteiger partial charge < -0.3 is 8.97 Å². The van der Waals surface area contributed by atoms with Crippen LogP contribution in [0.5, 0.6) is 0 Å². The molecule has 4 aromatic rings. The summed E-state index contributed by atoms with van der Waals surface area (Å²) in [6, 6.07) is 10.3. The third-order valence-electron chi connectivity index (χ3n) is 3.52. The van der Waals surface area contributed by atoms with E-state index < -0.39 is 0 Å². The van der Waals surface area contributed by atoms with Gasteiger partial charge in [-0.05, 0) is 30.0 Å². The van der Waals surface area contributed by atoms with E-state index in [2.05, 4.69) is 43.5 Å². The molecule has 4 aromatic heterocycles. The van der Waals surface area contributed by atoms with Crippen molar-refractivity contribution in [2.24, 2.45) is 0 Å². The summed E-state index contributed by atoms with van der Waals surface area (Å²) < 4.78 is 4.15. The van der Waals surface area contributed by atoms with Gasteiger partial charge >= 0.3 is 0 Å². The lowest BCUT2D eigenvalue weighted by molar-refractivity contribution is 0.637. The third kappa shape index (κ3) is 3.30. The molecule has 0 aliphatic carbocycles. The number of aromatic nitrogens is 5. The number of hydrogen-bond acceptors (Lipinski definition) is 5. The lowest BCUT2D eigenvalue weighted by Gasteiger charge is -2.04. The van der Waals surface area contributed by atoms with Crippen LogP contribution < -0.4 is 0 Å². The lowest BCUT2D eigenvalue weighted by atomic mass is 10.3. The van der Waals surface area contributed by atoms with Gasteiger partial charge in [-0.3, -0.25) is 0 Å². The number of rotatable bonds is 6. The first kappa shape index (κ1) is 14.5. The van der Waals surface area contributed by atoms with E-state index in [1.165, 1.54) is 4.88 Å². The predicted molar refractivity (Wildman–Crippen MR) is 92.8 cm³/mol. The van der Waals surface area contributed by atoms with Crippen molar-refractivity contribution in [1.29, 1.82) is 0 Å². The minimum Gasteiger partial charge on any atom is -0.308 e. The number of thiophene rings is 1. The molecule has 0 aliphatic rings. The highest BCUT2D eigenvalue weighted by Crippen LogP contribution is 2.21. The number of nitrogens with zero attached hydrogens (tertiary/aromatic N) is 5. The van der Waals surface area contributed by atoms with E-state index in [-0.39, 0.29) is 0 Å². The summed E-state index contributed by atoms with van der Waals surface area (Å²) in [5, 5.41) is 11.3. The van der Waals surface area contributed by atoms with Gasteiger partial charge in [-0.15, -0.1) is 21.5 Å². The van der Waals surface area contributed by atoms with Crippen molar-refractivity contribution in [2.45, 2.75) is 23.9 Å². The molecule has 4 rings (SSSR count). The lowest BCUT2D eigenvalue weighted by Crippen LogP contribution is -2.01. The van der Waals surface area contributed by atoms with Gasteiger partial charge in [-0.1, -0.05) is 23.9 Å². The van der Waals surface area contributed by atoms with Gasteiger partial charge in [-0.25, -0.2) is 4.98 Å². The van der Waals surface area contributed by atoms with Gasteiger partial charge in [0.15, 0.2) is 5.16 Å². The van der Waals surface area contributed by atoms with Crippen LogP contribution in [0.3, 0.4) is 0 Å². The molecule has 4 heterocycles. The Morgan fingerprint density at radius 1 is 1.17 bits per heavy atom. The molecule has 0 saturated carbocycles. The molecule has 0 fully saturated rings. The van der Waals surface area contributed by atoms with Gasteiger partial charge in [0, 0.05) is 29.6 Å². The molecular weight excluding hydrogens is 326 g/mol. The number of aryl methyl sites for hydroxylation is 2. The van der Waals surface area contributed by atoms with Crippen molar-refractivity contribution >= 4 is 28.7 Å². The maximum atomic E-state index is 4.61. The Morgan fingerprint density at radius 2 is 2.17 bits per heavy atom. The highest BCUT2D eigenvalue weighted by Gasteiger charge is 2.08. The zero-order chi connectivity index (χ0) is 15.5. The van der Waals surface area contributed by atoms with Crippen LogP contribution in [0.15, 0.2) is 59.6 Å². The predicted octanol–water partition coefficient (Wildman–Crippen LogP) is 3.52. The Balaban J connectivity index is 1.42. The number of fused-ring (bicyclic) bond motifs is 1. The highest BCUT2D eigenvalue weighted by molar-refractivity contribution is 7.98. The van der Waals surface area contributed by atoms with E-state index >= 15 is 0 Å². The summed E-state index contributed by atoms with van der Waals surface area (Å²) >= 11 is 3.47. The molecule has 0 spiro atoms. The van der Waals surface area contributed by atoms with Crippen molar-refractivity contribution in [3.63, 3.8) is 0 Å². The first-order valence-electron chi connectivity index (χ1n) is 7.34. The largest absolute Gasteiger partial charge is 0.308 e. The standard InChI is InChI=1S/C16H15N5S2/c1-2-7-20-10-13(18-15(20)5-1)11-23-16-19-17-12-21(16)8-6-14-4-3-9-22-14/h1-5,7,9-10,12H,6,8,11H2. The fourth-order valence-electron chi connectivity index (χ4n) is 2.39. The average molecular weight is 341 g/mol. The third-order valence-corrected chi connectivity index (χ3v) is 5.47. The fourth-order valence-corrected chi connectivity index (χ4v) is 3.91. The monoisotopic (exact) mass is 341 g/mol. The van der Waals surface area contributed by atoms with Crippen LogP contribution in [0.2, 0.25) is 0 Å². The van der Waals surface area contributed by atoms with Gasteiger partial charge in [0.05, 0.1) is 5.69 Å². The van der Waals surface area contributed by atoms with Crippen LogP contribution in [0.4, 0.5) is 0 Å². The van der Waals surface area contributed by atoms with Gasteiger partial charge in [0.1, 0.15) is 12.0 Å². The summed E-state index contributed by atoms with van der Waals surface area (Å²) in [6.45, 7) is 0.904. The quantitative estimate of drug-likeness (QED) is 0.504. The van der Waals surface area contributed by atoms with Crippen molar-refractivity contribution in [2.75, 3.05) is 0 Å². The Labute approximate surface area is 142 Å². The fraction of sp³-hybridized carbons (Fsp3) is 0.188. The SMILES string of the molecule is c1csc(CCn2cnnc2SCc2cn3ccccc3n2)c1. The Hall–Kier alpha value is -2.12. The van der Waals surface area contributed by atoms with Crippen molar-refractivity contribution in [3.8, 4) is 0 Å². The number of imidazole rings is 1. The molecular formula is C16H15N5S2. The summed E-state index contributed by atoms with van der Waals surface area (Å²) in [5.74, 6) is 0.791. The second-order valence-corrected chi connectivity index (χ2v) is 7.10. The topological polar surface area (TPSA) is 48.0 Å². The van der Waals surface area contributed by atoms with E-state index in [4.69, 9.17) is 0 Å². The van der Waals surface area contributed by atoms with Crippen molar-refractivity contribution in [3.05, 3.63) is 65.0 Å². The highest BCUT2D eigenvalue weighted by atomic mass is 32.2. The molecule has 0 amide bonds. The second-order valence-electron chi connectivity index (χ2n) is 5.12. The molecule has 0 bridgehead atoms. The van der Waals surface area contributed by atoms with E-state index in [0.29, 0.717) is 0 Å². The molecule has 0 saturated heterocycles. The summed E-state index contributed by atoms with van der Waals surface area (Å²) in [5.41, 5.74) is 2.02. The smallest absolute Gasteiger partial charge is 0.191 e. The normalized spacial score (nSPS) is 11.3. The Morgan fingerprint density at radius 3 is 3.04 bits per heavy atom. The first-order valence-corrected chi connectivity index (χ1v) is 9.20. The van der Waals surface area contributed by atoms with Crippen LogP contribution in [-0.4, -0.2) is 24.1 Å². The zero-order valence-electron chi connectivity index (χ0n) is 12.4. The number of thioether (sulfide) groups is 1. The average Bonchev–Trinajstić information content (AvgIpc) is 3.30. The molecule has 7 heteroatoms. The van der Waals surface area contributed by atoms with Crippen molar-refractivity contribution < 1.29 is 0 Å². The maximum Gasteiger partial charge on any atom is 0.191 e. The van der Waals surface area contributed by atoms with Gasteiger partial charge in [-0.2, -0.15) is 0 Å². The number of hydrogen-bond donors (Lipinski definition) is 0. The molecule has 0 aromatic carbocycles. The zero-order valence-corrected chi connectivity index (χ0v) is 14.0. The maximum absolute atomic E-state index is 4.61. The summed E-state index contributed by atoms with van der Waals surface area (Å²) in [7, 11) is 0. The molecule has 0 aliphatic heterocycles. The molecule has 5 nitrogen and oxygen atoms in total. The van der Waals surface area contributed by atoms with E-state index in [1.54, 1.807) is 29.4 Å². The minimum atomic E-state index is 0.791. The Kier molecular flexibility index (Phi) is 4.12. The van der Waals surface area contributed by atoms with Crippen LogP contribution in [0.25, 0.3) is 5.65 Å². The van der Waals surface area contributed by atoms with Crippen LogP contribution in [-0.2, 0) is 18.7 Å². The van der Waals surface area contributed by atoms with E-state index in [9.17, 15) is 0 Å². The van der Waals surface area contributed by atoms with Gasteiger partial charge in [0.25, 0.3) is 0 Å². The summed E-state index contributed by atoms with van der Waals surface area (Å²) in [6.07, 6.45) is 6.89. The molecule has 0 N–H and O–H groups in total. The summed E-state index contributed by atoms with van der Waals surface area (Å²) in [4.78, 5) is 6.00. The molecule has 23 heavy (non-hydrogen) atoms. The van der Waals surface area contributed by atoms with Crippen LogP contribution in [0, 0.1) is 0 Å². The Bertz CT molecular complexity index is 861. The van der Waals surface area contributed by atoms with Crippen LogP contribution in [0.1, 0.15) is 10.6 Å². The number of pyridine rings is 1. The molecule has 0 radical (unpaired) electrons. The van der Waals surface area contributed by atoms with E-state index in [1.807, 2.05) is 28.8 Å². The van der Waals surface area contributed by atoms with E-state index in [0.717, 1.165) is 35.2 Å². The van der Waals surface area contributed by atoms with Crippen LogP contribution >= 0.6 is 23.1 Å². The molecule has 0 unspecified atom stereocenters. The minimum absolute atomic E-state index is 0.791. The first-order chi connectivity index (χ1) is 11.4. The van der Waals surface area contributed by atoms with Crippen molar-refractivity contribution in [1.82, 2.24) is 24.1 Å². The second kappa shape index (κ2) is 6.55. The molecule has 0 atom stereocenters. The molecule has 116 valence electrons. The van der Waals surface area contributed by atoms with Gasteiger partial charge in [0.2, 0.25) is 0 Å².